The Morgan fingerprint density at radius 1 is 1.16 bits per heavy atom. The van der Waals surface area contributed by atoms with Crippen molar-refractivity contribution in [2.45, 2.75) is 46.1 Å². The third kappa shape index (κ3) is 3.43. The van der Waals surface area contributed by atoms with Gasteiger partial charge in [-0.2, -0.15) is 0 Å². The average Bonchev–Trinajstić information content (AvgIpc) is 2.69. The Morgan fingerprint density at radius 3 is 2.26 bits per heavy atom. The van der Waals surface area contributed by atoms with Crippen LogP contribution in [0.3, 0.4) is 0 Å². The topological polar surface area (TPSA) is 38.9 Å². The summed E-state index contributed by atoms with van der Waals surface area (Å²) in [6, 6.07) is 8.85. The molecule has 2 rings (SSSR count). The summed E-state index contributed by atoms with van der Waals surface area (Å²) in [4.78, 5) is 5.66. The van der Waals surface area contributed by atoms with Crippen LogP contribution in [0.5, 0.6) is 0 Å². The molecule has 0 fully saturated rings. The number of aromatic nitrogens is 1. The maximum absolute atomic E-state index is 6.31. The van der Waals surface area contributed by atoms with Gasteiger partial charge in [-0.3, -0.25) is 0 Å². The Hall–Kier alpha value is -1.19. The van der Waals surface area contributed by atoms with Crippen LogP contribution >= 0.6 is 11.3 Å². The molecule has 3 heteroatoms. The highest BCUT2D eigenvalue weighted by Gasteiger charge is 2.14. The maximum atomic E-state index is 6.31. The molecule has 1 heterocycles. The van der Waals surface area contributed by atoms with E-state index < -0.39 is 0 Å². The van der Waals surface area contributed by atoms with E-state index in [-0.39, 0.29) is 6.04 Å². The van der Waals surface area contributed by atoms with E-state index in [1.54, 1.807) is 11.3 Å². The molecule has 19 heavy (non-hydrogen) atoms. The molecule has 0 amide bonds. The van der Waals surface area contributed by atoms with Gasteiger partial charge in [0.25, 0.3) is 0 Å². The first-order valence-corrected chi connectivity index (χ1v) is 7.57. The van der Waals surface area contributed by atoms with Gasteiger partial charge in [0.15, 0.2) is 0 Å². The highest BCUT2D eigenvalue weighted by molar-refractivity contribution is 7.11. The zero-order valence-corrected chi connectivity index (χ0v) is 12.9. The molecule has 1 unspecified atom stereocenters. The van der Waals surface area contributed by atoms with Crippen LogP contribution in [0.1, 0.15) is 52.5 Å². The van der Waals surface area contributed by atoms with Crippen LogP contribution in [0.25, 0.3) is 0 Å². The van der Waals surface area contributed by atoms with Gasteiger partial charge in [-0.25, -0.2) is 4.98 Å². The number of hydrogen-bond acceptors (Lipinski definition) is 3. The second-order valence-electron chi connectivity index (χ2n) is 5.39. The Labute approximate surface area is 119 Å². The van der Waals surface area contributed by atoms with Crippen LogP contribution in [0.15, 0.2) is 24.3 Å². The average molecular weight is 274 g/mol. The summed E-state index contributed by atoms with van der Waals surface area (Å²) in [5, 5.41) is 1.10. The number of nitrogens with zero attached hydrogens (tertiary/aromatic N) is 1. The minimum atomic E-state index is 0.0519. The second-order valence-corrected chi connectivity index (χ2v) is 6.62. The van der Waals surface area contributed by atoms with Crippen molar-refractivity contribution in [3.05, 3.63) is 51.0 Å². The first-order valence-electron chi connectivity index (χ1n) is 6.75. The van der Waals surface area contributed by atoms with Crippen molar-refractivity contribution >= 4 is 11.3 Å². The van der Waals surface area contributed by atoms with Gasteiger partial charge in [0.2, 0.25) is 0 Å². The fourth-order valence-corrected chi connectivity index (χ4v) is 3.21. The van der Waals surface area contributed by atoms with Gasteiger partial charge in [0.05, 0.1) is 10.7 Å². The molecule has 0 radical (unpaired) electrons. The number of aryl methyl sites for hydroxylation is 2. The van der Waals surface area contributed by atoms with Crippen molar-refractivity contribution in [3.8, 4) is 0 Å². The molecular formula is C16H22N2S. The molecule has 0 bridgehead atoms. The van der Waals surface area contributed by atoms with Crippen LogP contribution in [-0.4, -0.2) is 4.98 Å². The minimum Gasteiger partial charge on any atom is -0.323 e. The van der Waals surface area contributed by atoms with Crippen molar-refractivity contribution in [3.63, 3.8) is 0 Å². The fourth-order valence-electron chi connectivity index (χ4n) is 2.28. The van der Waals surface area contributed by atoms with Gasteiger partial charge in [-0.05, 0) is 37.3 Å². The molecule has 0 spiro atoms. The monoisotopic (exact) mass is 274 g/mol. The summed E-state index contributed by atoms with van der Waals surface area (Å²) >= 11 is 1.71. The molecule has 2 N–H and O–H groups in total. The molecular weight excluding hydrogens is 252 g/mol. The van der Waals surface area contributed by atoms with Gasteiger partial charge in [-0.15, -0.1) is 11.3 Å². The summed E-state index contributed by atoms with van der Waals surface area (Å²) < 4.78 is 0. The molecule has 0 aliphatic carbocycles. The van der Waals surface area contributed by atoms with E-state index in [0.717, 1.165) is 17.1 Å². The van der Waals surface area contributed by atoms with Gasteiger partial charge in [0, 0.05) is 10.9 Å². The van der Waals surface area contributed by atoms with Crippen molar-refractivity contribution in [2.75, 3.05) is 0 Å². The van der Waals surface area contributed by atoms with E-state index in [1.807, 2.05) is 13.8 Å². The van der Waals surface area contributed by atoms with Gasteiger partial charge >= 0.3 is 0 Å². The quantitative estimate of drug-likeness (QED) is 0.910. The molecule has 102 valence electrons. The summed E-state index contributed by atoms with van der Waals surface area (Å²) in [7, 11) is 0. The first-order chi connectivity index (χ1) is 8.97. The normalized spacial score (nSPS) is 12.9. The van der Waals surface area contributed by atoms with Crippen LogP contribution in [-0.2, 0) is 6.42 Å². The number of rotatable bonds is 4. The first kappa shape index (κ1) is 14.2. The van der Waals surface area contributed by atoms with Crippen molar-refractivity contribution in [1.82, 2.24) is 4.98 Å². The lowest BCUT2D eigenvalue weighted by molar-refractivity contribution is 0.727. The molecule has 0 aliphatic heterocycles. The predicted octanol–water partition coefficient (Wildman–Crippen LogP) is 4.13. The lowest BCUT2D eigenvalue weighted by Crippen LogP contribution is -2.13. The Balaban J connectivity index is 2.10. The molecule has 1 aromatic carbocycles. The fraction of sp³-hybridized carbons (Fsp3) is 0.438. The van der Waals surface area contributed by atoms with Crippen molar-refractivity contribution < 1.29 is 0 Å². The third-order valence-electron chi connectivity index (χ3n) is 3.38. The molecule has 2 aromatic rings. The smallest absolute Gasteiger partial charge is 0.0900 e. The number of benzene rings is 1. The van der Waals surface area contributed by atoms with E-state index in [1.165, 1.54) is 16.0 Å². The highest BCUT2D eigenvalue weighted by Crippen LogP contribution is 2.26. The number of thiazole rings is 1. The lowest BCUT2D eigenvalue weighted by atomic mass is 9.99. The van der Waals surface area contributed by atoms with Crippen molar-refractivity contribution in [1.29, 1.82) is 0 Å². The third-order valence-corrected chi connectivity index (χ3v) is 4.58. The van der Waals surface area contributed by atoms with Crippen molar-refractivity contribution in [2.24, 2.45) is 5.73 Å². The standard InChI is InChI=1S/C16H22N2S/c1-10(2)14-7-5-13(6-8-14)9-15(17)16-11(3)18-12(4)19-16/h5-8,10,15H,9,17H2,1-4H3. The van der Waals surface area contributed by atoms with E-state index >= 15 is 0 Å². The molecule has 2 nitrogen and oxygen atoms in total. The second kappa shape index (κ2) is 5.85. The molecule has 0 saturated heterocycles. The van der Waals surface area contributed by atoms with Crippen LogP contribution in [0.2, 0.25) is 0 Å². The Bertz CT molecular complexity index is 540. The Morgan fingerprint density at radius 2 is 1.79 bits per heavy atom. The zero-order chi connectivity index (χ0) is 14.0. The molecule has 1 atom stereocenters. The summed E-state index contributed by atoms with van der Waals surface area (Å²) in [5.41, 5.74) is 10.1. The number of hydrogen-bond donors (Lipinski definition) is 1. The van der Waals surface area contributed by atoms with Crippen LogP contribution < -0.4 is 5.73 Å². The lowest BCUT2D eigenvalue weighted by Gasteiger charge is -2.12. The van der Waals surface area contributed by atoms with E-state index in [0.29, 0.717) is 5.92 Å². The predicted molar refractivity (Wildman–Crippen MR) is 82.8 cm³/mol. The molecule has 0 saturated carbocycles. The van der Waals surface area contributed by atoms with E-state index in [2.05, 4.69) is 43.1 Å². The summed E-state index contributed by atoms with van der Waals surface area (Å²) in [5.74, 6) is 0.578. The Kier molecular flexibility index (Phi) is 4.38. The van der Waals surface area contributed by atoms with Crippen LogP contribution in [0.4, 0.5) is 0 Å². The summed E-state index contributed by atoms with van der Waals surface area (Å²) in [6.07, 6.45) is 0.876. The van der Waals surface area contributed by atoms with Crippen LogP contribution in [0, 0.1) is 13.8 Å². The zero-order valence-electron chi connectivity index (χ0n) is 12.1. The maximum Gasteiger partial charge on any atom is 0.0900 e. The van der Waals surface area contributed by atoms with E-state index in [4.69, 9.17) is 5.73 Å². The van der Waals surface area contributed by atoms with Gasteiger partial charge < -0.3 is 5.73 Å². The largest absolute Gasteiger partial charge is 0.323 e. The SMILES string of the molecule is Cc1nc(C)c(C(N)Cc2ccc(C(C)C)cc2)s1. The van der Waals surface area contributed by atoms with Gasteiger partial charge in [0.1, 0.15) is 0 Å². The van der Waals surface area contributed by atoms with Gasteiger partial charge in [-0.1, -0.05) is 38.1 Å². The summed E-state index contributed by atoms with van der Waals surface area (Å²) in [6.45, 7) is 8.50. The number of nitrogens with two attached hydrogens (primary N) is 1. The molecule has 0 aliphatic rings. The molecule has 1 aromatic heterocycles. The van der Waals surface area contributed by atoms with E-state index in [9.17, 15) is 0 Å². The minimum absolute atomic E-state index is 0.0519. The highest BCUT2D eigenvalue weighted by atomic mass is 32.1.